The molecule has 0 aliphatic carbocycles. The molecule has 0 saturated heterocycles. The highest BCUT2D eigenvalue weighted by atomic mass is 32.1. The summed E-state index contributed by atoms with van der Waals surface area (Å²) in [5.41, 5.74) is 8.28. The van der Waals surface area contributed by atoms with E-state index in [4.69, 9.17) is 0 Å². The van der Waals surface area contributed by atoms with Gasteiger partial charge >= 0.3 is 0 Å². The van der Waals surface area contributed by atoms with E-state index in [9.17, 15) is 0 Å². The maximum atomic E-state index is 4.68. The van der Waals surface area contributed by atoms with Gasteiger partial charge in [0.15, 0.2) is 0 Å². The Labute approximate surface area is 248 Å². The van der Waals surface area contributed by atoms with Crippen LogP contribution in [0, 0.1) is 0 Å². The van der Waals surface area contributed by atoms with Crippen molar-refractivity contribution >= 4 is 59.5 Å². The molecule has 2 heterocycles. The average Bonchev–Trinajstić information content (AvgIpc) is 3.45. The fourth-order valence-corrected chi connectivity index (χ4v) is 6.98. The van der Waals surface area contributed by atoms with E-state index in [0.29, 0.717) is 0 Å². The van der Waals surface area contributed by atoms with E-state index in [2.05, 4.69) is 155 Å². The normalized spacial score (nSPS) is 11.3. The summed E-state index contributed by atoms with van der Waals surface area (Å²) in [6.07, 6.45) is 1.88. The van der Waals surface area contributed by atoms with Crippen molar-refractivity contribution in [1.29, 1.82) is 0 Å². The zero-order chi connectivity index (χ0) is 27.9. The molecular formula is C39H26N2S. The molecular weight excluding hydrogens is 529 g/mol. The fraction of sp³-hybridized carbons (Fsp3) is 0. The Bertz CT molecular complexity index is 2180. The van der Waals surface area contributed by atoms with Crippen LogP contribution in [0.5, 0.6) is 0 Å². The first-order valence-electron chi connectivity index (χ1n) is 14.1. The topological polar surface area (TPSA) is 16.1 Å². The molecule has 0 saturated carbocycles. The summed E-state index contributed by atoms with van der Waals surface area (Å²) in [6, 6.07) is 54.3. The van der Waals surface area contributed by atoms with Crippen LogP contribution in [-0.4, -0.2) is 4.98 Å². The van der Waals surface area contributed by atoms with Crippen molar-refractivity contribution in [1.82, 2.24) is 4.98 Å². The van der Waals surface area contributed by atoms with Gasteiger partial charge in [-0.2, -0.15) is 0 Å². The Morgan fingerprint density at radius 1 is 0.452 bits per heavy atom. The zero-order valence-electron chi connectivity index (χ0n) is 22.8. The van der Waals surface area contributed by atoms with Gasteiger partial charge in [-0.25, -0.2) is 4.98 Å². The number of fused-ring (bicyclic) bond motifs is 4. The van der Waals surface area contributed by atoms with Crippen molar-refractivity contribution in [3.63, 3.8) is 0 Å². The van der Waals surface area contributed by atoms with Gasteiger partial charge in [0.1, 0.15) is 4.83 Å². The molecule has 8 rings (SSSR count). The Morgan fingerprint density at radius 2 is 1.07 bits per heavy atom. The van der Waals surface area contributed by atoms with E-state index < -0.39 is 0 Å². The van der Waals surface area contributed by atoms with Gasteiger partial charge in [0.05, 0.1) is 10.4 Å². The summed E-state index contributed by atoms with van der Waals surface area (Å²) in [5.74, 6) is 0. The van der Waals surface area contributed by atoms with Crippen LogP contribution in [0.4, 0.5) is 17.1 Å². The molecule has 0 aliphatic heterocycles. The van der Waals surface area contributed by atoms with Crippen molar-refractivity contribution in [3.8, 4) is 22.3 Å². The molecule has 0 N–H and O–H groups in total. The van der Waals surface area contributed by atoms with Crippen molar-refractivity contribution in [2.75, 3.05) is 4.90 Å². The molecule has 42 heavy (non-hydrogen) atoms. The van der Waals surface area contributed by atoms with Crippen LogP contribution in [0.15, 0.2) is 158 Å². The Morgan fingerprint density at radius 3 is 1.86 bits per heavy atom. The molecule has 0 fully saturated rings. The summed E-state index contributed by atoms with van der Waals surface area (Å²) in [5, 5.41) is 4.87. The number of rotatable bonds is 5. The van der Waals surface area contributed by atoms with Crippen molar-refractivity contribution in [2.24, 2.45) is 0 Å². The van der Waals surface area contributed by atoms with Crippen LogP contribution in [-0.2, 0) is 0 Å². The smallest absolute Gasteiger partial charge is 0.124 e. The molecule has 2 aromatic heterocycles. The van der Waals surface area contributed by atoms with Gasteiger partial charge in [0.2, 0.25) is 0 Å². The van der Waals surface area contributed by atoms with E-state index in [-0.39, 0.29) is 0 Å². The van der Waals surface area contributed by atoms with Gasteiger partial charge in [0, 0.05) is 28.3 Å². The van der Waals surface area contributed by atoms with Crippen LogP contribution < -0.4 is 4.90 Å². The summed E-state index contributed by atoms with van der Waals surface area (Å²) in [7, 11) is 0. The molecule has 0 bridgehead atoms. The first-order chi connectivity index (χ1) is 20.8. The highest BCUT2D eigenvalue weighted by Crippen LogP contribution is 2.45. The third-order valence-electron chi connectivity index (χ3n) is 7.92. The van der Waals surface area contributed by atoms with Crippen molar-refractivity contribution in [3.05, 3.63) is 158 Å². The summed E-state index contributed by atoms with van der Waals surface area (Å²) in [4.78, 5) is 8.13. The molecule has 0 atom stereocenters. The van der Waals surface area contributed by atoms with Gasteiger partial charge in [-0.05, 0) is 81.6 Å². The molecule has 0 radical (unpaired) electrons. The predicted octanol–water partition coefficient (Wildman–Crippen LogP) is 11.4. The zero-order valence-corrected chi connectivity index (χ0v) is 23.6. The van der Waals surface area contributed by atoms with E-state index in [0.717, 1.165) is 21.9 Å². The third-order valence-corrected chi connectivity index (χ3v) is 9.07. The first-order valence-corrected chi connectivity index (χ1v) is 14.9. The molecule has 0 unspecified atom stereocenters. The predicted molar refractivity (Wildman–Crippen MR) is 180 cm³/mol. The lowest BCUT2D eigenvalue weighted by molar-refractivity contribution is 1.31. The average molecular weight is 555 g/mol. The van der Waals surface area contributed by atoms with Crippen LogP contribution in [0.1, 0.15) is 0 Å². The molecule has 0 aliphatic rings. The quantitative estimate of drug-likeness (QED) is 0.210. The fourth-order valence-electron chi connectivity index (χ4n) is 5.84. The van der Waals surface area contributed by atoms with Gasteiger partial charge in [0.25, 0.3) is 0 Å². The highest BCUT2D eigenvalue weighted by molar-refractivity contribution is 7.26. The van der Waals surface area contributed by atoms with Crippen LogP contribution in [0.25, 0.3) is 53.3 Å². The number of benzene rings is 6. The standard InChI is InChI=1S/C39H26N2S/c1-3-9-27(10-4-1)29-18-21-33(22-19-29)41(37-15-7-13-35-36-14-8-24-40-39(36)42-38(35)37)34-23-20-31-25-30(16-17-32(31)26-34)28-11-5-2-6-12-28/h1-26H. The Kier molecular flexibility index (Phi) is 6.02. The minimum Gasteiger partial charge on any atom is -0.309 e. The lowest BCUT2D eigenvalue weighted by Crippen LogP contribution is -2.10. The van der Waals surface area contributed by atoms with Gasteiger partial charge in [-0.1, -0.05) is 103 Å². The van der Waals surface area contributed by atoms with E-state index in [1.54, 1.807) is 11.3 Å². The molecule has 2 nitrogen and oxygen atoms in total. The molecule has 3 heteroatoms. The van der Waals surface area contributed by atoms with E-state index in [1.165, 1.54) is 48.5 Å². The number of pyridine rings is 1. The van der Waals surface area contributed by atoms with Crippen molar-refractivity contribution in [2.45, 2.75) is 0 Å². The van der Waals surface area contributed by atoms with Crippen molar-refractivity contribution < 1.29 is 0 Å². The maximum Gasteiger partial charge on any atom is 0.124 e. The maximum absolute atomic E-state index is 4.68. The van der Waals surface area contributed by atoms with Crippen LogP contribution in [0.3, 0.4) is 0 Å². The summed E-state index contributed by atoms with van der Waals surface area (Å²) < 4.78 is 1.23. The molecule has 198 valence electrons. The highest BCUT2D eigenvalue weighted by Gasteiger charge is 2.19. The number of hydrogen-bond donors (Lipinski definition) is 0. The van der Waals surface area contributed by atoms with Gasteiger partial charge in [-0.3, -0.25) is 0 Å². The number of thiophene rings is 1. The number of aromatic nitrogens is 1. The largest absolute Gasteiger partial charge is 0.309 e. The second-order valence-electron chi connectivity index (χ2n) is 10.5. The number of nitrogens with zero attached hydrogens (tertiary/aromatic N) is 2. The lowest BCUT2D eigenvalue weighted by Gasteiger charge is -2.26. The Hall–Kier alpha value is -5.25. The molecule has 0 spiro atoms. The van der Waals surface area contributed by atoms with Crippen LogP contribution >= 0.6 is 11.3 Å². The monoisotopic (exact) mass is 554 g/mol. The van der Waals surface area contributed by atoms with E-state index in [1.807, 2.05) is 12.3 Å². The second-order valence-corrected chi connectivity index (χ2v) is 11.5. The Balaban J connectivity index is 1.30. The number of anilines is 3. The summed E-state index contributed by atoms with van der Waals surface area (Å²) in [6.45, 7) is 0. The SMILES string of the molecule is c1ccc(-c2ccc(N(c3ccc4cc(-c5ccccc5)ccc4c3)c3cccc4c3sc3ncccc34)cc2)cc1. The molecule has 0 amide bonds. The molecule has 8 aromatic rings. The van der Waals surface area contributed by atoms with Gasteiger partial charge < -0.3 is 4.90 Å². The van der Waals surface area contributed by atoms with E-state index >= 15 is 0 Å². The molecule has 6 aromatic carbocycles. The second kappa shape index (κ2) is 10.3. The van der Waals surface area contributed by atoms with Gasteiger partial charge in [-0.15, -0.1) is 11.3 Å². The number of hydrogen-bond acceptors (Lipinski definition) is 3. The first kappa shape index (κ1) is 24.5. The van der Waals surface area contributed by atoms with Crippen LogP contribution in [0.2, 0.25) is 0 Å². The summed E-state index contributed by atoms with van der Waals surface area (Å²) >= 11 is 1.76. The lowest BCUT2D eigenvalue weighted by atomic mass is 10.0. The minimum atomic E-state index is 1.06. The third kappa shape index (κ3) is 4.32. The minimum absolute atomic E-state index is 1.06.